The highest BCUT2D eigenvalue weighted by molar-refractivity contribution is 5.28. The minimum atomic E-state index is 0.202. The van der Waals surface area contributed by atoms with Gasteiger partial charge in [0.2, 0.25) is 0 Å². The van der Waals surface area contributed by atoms with Crippen LogP contribution in [0.1, 0.15) is 41.0 Å². The van der Waals surface area contributed by atoms with E-state index in [1.807, 2.05) is 0 Å². The molecule has 0 spiro atoms. The molecule has 0 aliphatic carbocycles. The Balaban J connectivity index is 4.40. The van der Waals surface area contributed by atoms with Gasteiger partial charge < -0.3 is 0 Å². The maximum absolute atomic E-state index is 4.10. The molecule has 0 nitrogen and oxygen atoms in total. The molecule has 0 atom stereocenters. The van der Waals surface area contributed by atoms with Crippen molar-refractivity contribution in [3.8, 4) is 0 Å². The predicted molar refractivity (Wildman–Crippen MR) is 66.3 cm³/mol. The molecule has 0 N–H and O–H groups in total. The zero-order chi connectivity index (χ0) is 11.4. The molecular weight excluding hydrogens is 168 g/mol. The van der Waals surface area contributed by atoms with Crippen molar-refractivity contribution in [3.63, 3.8) is 0 Å². The molecule has 0 radical (unpaired) electrons. The summed E-state index contributed by atoms with van der Waals surface area (Å²) in [5, 5.41) is 0. The Morgan fingerprint density at radius 3 is 2.07 bits per heavy atom. The molecule has 0 unspecified atom stereocenters. The van der Waals surface area contributed by atoms with Gasteiger partial charge in [-0.05, 0) is 23.3 Å². The molecule has 0 fully saturated rings. The minimum absolute atomic E-state index is 0.202. The lowest BCUT2D eigenvalue weighted by atomic mass is 9.82. The van der Waals surface area contributed by atoms with Crippen LogP contribution >= 0.6 is 0 Å². The van der Waals surface area contributed by atoms with E-state index in [0.717, 1.165) is 12.0 Å². The second-order valence-corrected chi connectivity index (χ2v) is 4.83. The van der Waals surface area contributed by atoms with Crippen molar-refractivity contribution < 1.29 is 0 Å². The first-order valence-electron chi connectivity index (χ1n) is 5.37. The van der Waals surface area contributed by atoms with Crippen LogP contribution in [-0.4, -0.2) is 0 Å². The van der Waals surface area contributed by atoms with Gasteiger partial charge in [-0.25, -0.2) is 0 Å². The van der Waals surface area contributed by atoms with E-state index in [4.69, 9.17) is 0 Å². The van der Waals surface area contributed by atoms with Gasteiger partial charge in [0.1, 0.15) is 0 Å². The SMILES string of the molecule is C=C(/C=C\C(=C)C(C)(C)CC)C(C)C. The molecule has 0 aromatic carbocycles. The fourth-order valence-corrected chi connectivity index (χ4v) is 0.853. The third kappa shape index (κ3) is 3.95. The zero-order valence-electron chi connectivity index (χ0n) is 10.4. The zero-order valence-corrected chi connectivity index (χ0v) is 10.4. The van der Waals surface area contributed by atoms with E-state index in [9.17, 15) is 0 Å². The Hall–Kier alpha value is -0.780. The van der Waals surface area contributed by atoms with E-state index in [2.05, 4.69) is 59.9 Å². The number of hydrogen-bond acceptors (Lipinski definition) is 0. The first-order chi connectivity index (χ1) is 6.31. The van der Waals surface area contributed by atoms with Crippen LogP contribution in [0, 0.1) is 11.3 Å². The molecule has 80 valence electrons. The summed E-state index contributed by atoms with van der Waals surface area (Å²) < 4.78 is 0. The fraction of sp³-hybridized carbons (Fsp3) is 0.571. The maximum Gasteiger partial charge on any atom is -0.0112 e. The van der Waals surface area contributed by atoms with Crippen molar-refractivity contribution in [3.05, 3.63) is 36.5 Å². The van der Waals surface area contributed by atoms with Crippen molar-refractivity contribution in [1.82, 2.24) is 0 Å². The summed E-state index contributed by atoms with van der Waals surface area (Å²) in [6.07, 6.45) is 5.31. The Morgan fingerprint density at radius 2 is 1.71 bits per heavy atom. The standard InChI is InChI=1S/C14H24/c1-8-14(6,7)13(5)10-9-12(4)11(2)3/h9-11H,4-5,8H2,1-3,6-7H3/b10-9-. The second-order valence-electron chi connectivity index (χ2n) is 4.83. The van der Waals surface area contributed by atoms with Gasteiger partial charge in [-0.15, -0.1) is 0 Å². The minimum Gasteiger partial charge on any atom is -0.0956 e. The van der Waals surface area contributed by atoms with E-state index in [-0.39, 0.29) is 5.41 Å². The van der Waals surface area contributed by atoms with E-state index >= 15 is 0 Å². The highest BCUT2D eigenvalue weighted by Crippen LogP contribution is 2.29. The molecule has 0 heterocycles. The van der Waals surface area contributed by atoms with Gasteiger partial charge in [-0.1, -0.05) is 65.5 Å². The van der Waals surface area contributed by atoms with Gasteiger partial charge in [0, 0.05) is 0 Å². The Labute approximate surface area is 89.4 Å². The summed E-state index contributed by atoms with van der Waals surface area (Å²) in [4.78, 5) is 0. The number of allylic oxidation sites excluding steroid dienone is 4. The van der Waals surface area contributed by atoms with Crippen molar-refractivity contribution >= 4 is 0 Å². The summed E-state index contributed by atoms with van der Waals surface area (Å²) >= 11 is 0. The van der Waals surface area contributed by atoms with Gasteiger partial charge in [0.15, 0.2) is 0 Å². The molecule has 0 aromatic heterocycles. The quantitative estimate of drug-likeness (QED) is 0.551. The van der Waals surface area contributed by atoms with E-state index in [1.54, 1.807) is 0 Å². The summed E-state index contributed by atoms with van der Waals surface area (Å²) in [6.45, 7) is 19.0. The Bertz CT molecular complexity index is 239. The summed E-state index contributed by atoms with van der Waals surface area (Å²) in [6, 6.07) is 0. The van der Waals surface area contributed by atoms with Crippen LogP contribution in [0.3, 0.4) is 0 Å². The number of rotatable bonds is 5. The summed E-state index contributed by atoms with van der Waals surface area (Å²) in [5.74, 6) is 0.517. The lowest BCUT2D eigenvalue weighted by Crippen LogP contribution is -2.10. The molecule has 0 amide bonds. The highest BCUT2D eigenvalue weighted by atomic mass is 14.2. The van der Waals surface area contributed by atoms with Crippen LogP contribution in [0.5, 0.6) is 0 Å². The lowest BCUT2D eigenvalue weighted by molar-refractivity contribution is 0.441. The van der Waals surface area contributed by atoms with E-state index < -0.39 is 0 Å². The first-order valence-corrected chi connectivity index (χ1v) is 5.37. The summed E-state index contributed by atoms with van der Waals surface area (Å²) in [5.41, 5.74) is 2.55. The van der Waals surface area contributed by atoms with E-state index in [0.29, 0.717) is 5.92 Å². The Kier molecular flexibility index (Phi) is 4.90. The van der Waals surface area contributed by atoms with Gasteiger partial charge >= 0.3 is 0 Å². The van der Waals surface area contributed by atoms with Crippen LogP contribution < -0.4 is 0 Å². The molecule has 0 aromatic rings. The molecule has 0 aliphatic heterocycles. The van der Waals surface area contributed by atoms with Crippen molar-refractivity contribution in [2.45, 2.75) is 41.0 Å². The molecule has 0 rings (SSSR count). The molecule has 0 saturated carbocycles. The van der Waals surface area contributed by atoms with Crippen molar-refractivity contribution in [1.29, 1.82) is 0 Å². The molecule has 14 heavy (non-hydrogen) atoms. The number of hydrogen-bond donors (Lipinski definition) is 0. The van der Waals surface area contributed by atoms with Gasteiger partial charge in [-0.3, -0.25) is 0 Å². The van der Waals surface area contributed by atoms with Crippen LogP contribution in [0.25, 0.3) is 0 Å². The van der Waals surface area contributed by atoms with Gasteiger partial charge in [-0.2, -0.15) is 0 Å². The smallest absolute Gasteiger partial charge is 0.0112 e. The van der Waals surface area contributed by atoms with Crippen LogP contribution in [-0.2, 0) is 0 Å². The summed E-state index contributed by atoms with van der Waals surface area (Å²) in [7, 11) is 0. The highest BCUT2D eigenvalue weighted by Gasteiger charge is 2.16. The van der Waals surface area contributed by atoms with Gasteiger partial charge in [0.25, 0.3) is 0 Å². The first kappa shape index (κ1) is 13.2. The molecular formula is C14H24. The third-order valence-corrected chi connectivity index (χ3v) is 2.99. The largest absolute Gasteiger partial charge is 0.0956 e. The van der Waals surface area contributed by atoms with Crippen LogP contribution in [0.2, 0.25) is 0 Å². The van der Waals surface area contributed by atoms with Crippen molar-refractivity contribution in [2.24, 2.45) is 11.3 Å². The monoisotopic (exact) mass is 192 g/mol. The van der Waals surface area contributed by atoms with Crippen LogP contribution in [0.15, 0.2) is 36.5 Å². The van der Waals surface area contributed by atoms with Gasteiger partial charge in [0.05, 0.1) is 0 Å². The van der Waals surface area contributed by atoms with Crippen molar-refractivity contribution in [2.75, 3.05) is 0 Å². The fourth-order valence-electron chi connectivity index (χ4n) is 0.853. The Morgan fingerprint density at radius 1 is 1.21 bits per heavy atom. The average molecular weight is 192 g/mol. The molecule has 0 aliphatic rings. The van der Waals surface area contributed by atoms with Crippen LogP contribution in [0.4, 0.5) is 0 Å². The molecule has 0 saturated heterocycles. The van der Waals surface area contributed by atoms with E-state index in [1.165, 1.54) is 5.57 Å². The third-order valence-electron chi connectivity index (χ3n) is 2.99. The lowest BCUT2D eigenvalue weighted by Gasteiger charge is -2.23. The second kappa shape index (κ2) is 5.19. The molecule has 0 heteroatoms. The predicted octanol–water partition coefficient (Wildman–Crippen LogP) is 4.75. The topological polar surface area (TPSA) is 0 Å². The average Bonchev–Trinajstić information content (AvgIpc) is 2.13. The molecule has 0 bridgehead atoms. The maximum atomic E-state index is 4.10. The normalized spacial score (nSPS) is 12.4.